The smallest absolute Gasteiger partial charge is 0.378 e. The summed E-state index contributed by atoms with van der Waals surface area (Å²) in [7, 11) is 0. The molecule has 1 fully saturated rings. The number of alkyl halides is 3. The summed E-state index contributed by atoms with van der Waals surface area (Å²) in [5.74, 6) is 0. The maximum absolute atomic E-state index is 14.2. The van der Waals surface area contributed by atoms with Crippen molar-refractivity contribution in [3.05, 3.63) is 78.8 Å². The third-order valence-electron chi connectivity index (χ3n) is 6.09. The van der Waals surface area contributed by atoms with Crippen LogP contribution >= 0.6 is 0 Å². The topological polar surface area (TPSA) is 70.8 Å². The molecule has 1 N–H and O–H groups in total. The van der Waals surface area contributed by atoms with Gasteiger partial charge in [-0.15, -0.1) is 0 Å². The highest BCUT2D eigenvalue weighted by Crippen LogP contribution is 2.44. The van der Waals surface area contributed by atoms with Crippen molar-refractivity contribution in [3.8, 4) is 11.3 Å². The molecular formula is C25H21F3N4O2. The molecule has 34 heavy (non-hydrogen) atoms. The highest BCUT2D eigenvalue weighted by Gasteiger charge is 2.59. The summed E-state index contributed by atoms with van der Waals surface area (Å²) < 4.78 is 48.0. The average Bonchev–Trinajstić information content (AvgIpc) is 3.29. The first kappa shape index (κ1) is 22.2. The van der Waals surface area contributed by atoms with Gasteiger partial charge in [0.25, 0.3) is 0 Å². The molecule has 0 radical (unpaired) electrons. The van der Waals surface area contributed by atoms with Crippen molar-refractivity contribution in [1.82, 2.24) is 9.97 Å². The van der Waals surface area contributed by atoms with Crippen molar-refractivity contribution in [2.75, 3.05) is 31.2 Å². The quantitative estimate of drug-likeness (QED) is 0.617. The van der Waals surface area contributed by atoms with Crippen molar-refractivity contribution in [2.45, 2.75) is 11.8 Å². The van der Waals surface area contributed by atoms with E-state index in [1.54, 1.807) is 6.07 Å². The largest absolute Gasteiger partial charge is 0.427 e. The van der Waals surface area contributed by atoms with Gasteiger partial charge in [0.15, 0.2) is 0 Å². The van der Waals surface area contributed by atoms with Gasteiger partial charge in [-0.3, -0.25) is 4.99 Å². The number of halogens is 3. The molecule has 1 saturated heterocycles. The zero-order valence-electron chi connectivity index (χ0n) is 18.1. The van der Waals surface area contributed by atoms with Gasteiger partial charge in [-0.1, -0.05) is 24.8 Å². The molecule has 0 aliphatic carbocycles. The van der Waals surface area contributed by atoms with E-state index in [2.05, 4.69) is 26.4 Å². The molecule has 1 unspecified atom stereocenters. The molecule has 3 aromatic rings. The van der Waals surface area contributed by atoms with E-state index in [4.69, 9.17) is 4.74 Å². The van der Waals surface area contributed by atoms with Crippen LogP contribution in [0, 0.1) is 0 Å². The van der Waals surface area contributed by atoms with E-state index >= 15 is 0 Å². The number of morpholine rings is 1. The monoisotopic (exact) mass is 466 g/mol. The zero-order valence-corrected chi connectivity index (χ0v) is 18.1. The number of rotatable bonds is 4. The molecule has 5 rings (SSSR count). The molecule has 9 heteroatoms. The van der Waals surface area contributed by atoms with Gasteiger partial charge in [0.2, 0.25) is 5.60 Å². The van der Waals surface area contributed by atoms with Crippen molar-refractivity contribution in [1.29, 1.82) is 0 Å². The Balaban J connectivity index is 1.59. The standard InChI is InChI=1S/C25H21F3N4O2/c1-16-7-8-29-23(16)24(33,25(26,27)28)18-4-2-3-17(13-18)22-20-6-5-19(14-21(20)30-15-31-22)32-9-11-34-12-10-32/h2-8,13-15,33H,1,9-12H2. The SMILES string of the molecule is C=C1C=CN=C1C(O)(c1cccc(-c2ncnc3cc(N4CCOCC4)ccc23)c1)C(F)(F)F. The first-order valence-electron chi connectivity index (χ1n) is 10.7. The molecule has 1 atom stereocenters. The molecule has 2 aliphatic heterocycles. The van der Waals surface area contributed by atoms with Crippen LogP contribution in [0.25, 0.3) is 22.2 Å². The first-order valence-corrected chi connectivity index (χ1v) is 10.7. The van der Waals surface area contributed by atoms with E-state index in [1.807, 2.05) is 18.2 Å². The number of benzene rings is 2. The van der Waals surface area contributed by atoms with Gasteiger partial charge in [0.05, 0.1) is 30.1 Å². The van der Waals surface area contributed by atoms with Gasteiger partial charge >= 0.3 is 6.18 Å². The normalized spacial score (nSPS) is 18.3. The van der Waals surface area contributed by atoms with Gasteiger partial charge in [-0.25, -0.2) is 9.97 Å². The Morgan fingerprint density at radius 3 is 2.53 bits per heavy atom. The predicted octanol–water partition coefficient (Wildman–Crippen LogP) is 4.41. The van der Waals surface area contributed by atoms with Crippen molar-refractivity contribution < 1.29 is 23.0 Å². The lowest BCUT2D eigenvalue weighted by atomic mass is 9.84. The average molecular weight is 466 g/mol. The second kappa shape index (κ2) is 8.34. The number of nitrogens with zero attached hydrogens (tertiary/aromatic N) is 4. The van der Waals surface area contributed by atoms with Crippen LogP contribution in [0.2, 0.25) is 0 Å². The summed E-state index contributed by atoms with van der Waals surface area (Å²) in [6, 6.07) is 11.4. The number of hydrogen-bond acceptors (Lipinski definition) is 6. The lowest BCUT2D eigenvalue weighted by molar-refractivity contribution is -0.235. The third-order valence-corrected chi connectivity index (χ3v) is 6.09. The van der Waals surface area contributed by atoms with Crippen molar-refractivity contribution in [3.63, 3.8) is 0 Å². The highest BCUT2D eigenvalue weighted by molar-refractivity contribution is 6.10. The fraction of sp³-hybridized carbons (Fsp3) is 0.240. The second-order valence-electron chi connectivity index (χ2n) is 8.13. The van der Waals surface area contributed by atoms with Crippen molar-refractivity contribution >= 4 is 22.3 Å². The Hall–Kier alpha value is -3.56. The lowest BCUT2D eigenvalue weighted by Gasteiger charge is -2.32. The third kappa shape index (κ3) is 3.66. The Morgan fingerprint density at radius 1 is 1.03 bits per heavy atom. The minimum atomic E-state index is -5.01. The zero-order chi connectivity index (χ0) is 23.9. The molecule has 0 amide bonds. The fourth-order valence-electron chi connectivity index (χ4n) is 4.31. The fourth-order valence-corrected chi connectivity index (χ4v) is 4.31. The van der Waals surface area contributed by atoms with Gasteiger partial charge in [-0.2, -0.15) is 13.2 Å². The molecule has 2 aromatic carbocycles. The van der Waals surface area contributed by atoms with Crippen LogP contribution in [0.4, 0.5) is 18.9 Å². The number of anilines is 1. The van der Waals surface area contributed by atoms with Crippen LogP contribution in [-0.4, -0.2) is 53.3 Å². The van der Waals surface area contributed by atoms with Crippen LogP contribution in [0.5, 0.6) is 0 Å². The summed E-state index contributed by atoms with van der Waals surface area (Å²) in [4.78, 5) is 14.7. The predicted molar refractivity (Wildman–Crippen MR) is 124 cm³/mol. The molecule has 0 bridgehead atoms. The summed E-state index contributed by atoms with van der Waals surface area (Å²) in [5.41, 5.74) is -1.66. The van der Waals surface area contributed by atoms with Crippen LogP contribution in [-0.2, 0) is 10.3 Å². The van der Waals surface area contributed by atoms with E-state index < -0.39 is 17.5 Å². The first-order chi connectivity index (χ1) is 16.3. The maximum Gasteiger partial charge on any atom is 0.427 e. The van der Waals surface area contributed by atoms with E-state index in [9.17, 15) is 18.3 Å². The van der Waals surface area contributed by atoms with Crippen molar-refractivity contribution in [2.24, 2.45) is 4.99 Å². The number of fused-ring (bicyclic) bond motifs is 1. The minimum absolute atomic E-state index is 0.00774. The van der Waals surface area contributed by atoms with Gasteiger partial charge in [-0.05, 0) is 41.5 Å². The summed E-state index contributed by atoms with van der Waals surface area (Å²) in [5, 5.41) is 11.6. The number of ether oxygens (including phenoxy) is 1. The van der Waals surface area contributed by atoms with Crippen LogP contribution in [0.1, 0.15) is 5.56 Å². The van der Waals surface area contributed by atoms with E-state index in [1.165, 1.54) is 36.8 Å². The summed E-state index contributed by atoms with van der Waals surface area (Å²) in [6.45, 7) is 6.43. The Labute approximate surface area is 193 Å². The minimum Gasteiger partial charge on any atom is -0.378 e. The van der Waals surface area contributed by atoms with E-state index in [0.717, 1.165) is 18.8 Å². The van der Waals surface area contributed by atoms with E-state index in [0.29, 0.717) is 35.4 Å². The van der Waals surface area contributed by atoms with Crippen LogP contribution < -0.4 is 4.90 Å². The highest BCUT2D eigenvalue weighted by atomic mass is 19.4. The Morgan fingerprint density at radius 2 is 1.82 bits per heavy atom. The van der Waals surface area contributed by atoms with E-state index in [-0.39, 0.29) is 11.1 Å². The molecule has 0 spiro atoms. The maximum atomic E-state index is 14.2. The van der Waals surface area contributed by atoms with Gasteiger partial charge < -0.3 is 14.7 Å². The molecule has 3 heterocycles. The van der Waals surface area contributed by atoms with Gasteiger partial charge in [0, 0.05) is 35.9 Å². The molecule has 174 valence electrons. The molecule has 2 aliphatic rings. The van der Waals surface area contributed by atoms with Crippen LogP contribution in [0.15, 0.2) is 78.2 Å². The molecule has 1 aromatic heterocycles. The summed E-state index contributed by atoms with van der Waals surface area (Å²) >= 11 is 0. The summed E-state index contributed by atoms with van der Waals surface area (Å²) in [6.07, 6.45) is -1.10. The number of aliphatic hydroxyl groups is 1. The number of aliphatic imine (C=N–C) groups is 1. The molecule has 0 saturated carbocycles. The van der Waals surface area contributed by atoms with Gasteiger partial charge in [0.1, 0.15) is 6.33 Å². The molecule has 6 nitrogen and oxygen atoms in total. The Kier molecular flexibility index (Phi) is 5.45. The van der Waals surface area contributed by atoms with Crippen LogP contribution in [0.3, 0.4) is 0 Å². The number of aromatic nitrogens is 2. The number of allylic oxidation sites excluding steroid dienone is 1. The lowest BCUT2D eigenvalue weighted by Crippen LogP contribution is -2.49. The second-order valence-corrected chi connectivity index (χ2v) is 8.13. The Bertz CT molecular complexity index is 1330. The number of hydrogen-bond donors (Lipinski definition) is 1. The molecular weight excluding hydrogens is 445 g/mol.